The van der Waals surface area contributed by atoms with Crippen molar-refractivity contribution in [1.29, 1.82) is 0 Å². The lowest BCUT2D eigenvalue weighted by Gasteiger charge is -2.11. The summed E-state index contributed by atoms with van der Waals surface area (Å²) in [4.78, 5) is 24.3. The highest BCUT2D eigenvalue weighted by Gasteiger charge is 2.14. The first-order valence-electron chi connectivity index (χ1n) is 8.11. The Bertz CT molecular complexity index is 861. The van der Waals surface area contributed by atoms with Crippen LogP contribution in [0.25, 0.3) is 0 Å². The van der Waals surface area contributed by atoms with E-state index in [2.05, 4.69) is 10.6 Å². The summed E-state index contributed by atoms with van der Waals surface area (Å²) < 4.78 is 10.9. The molecule has 1 aromatic heterocycles. The Morgan fingerprint density at radius 3 is 2.42 bits per heavy atom. The number of nitrogens with one attached hydrogen (secondary N) is 2. The van der Waals surface area contributed by atoms with Crippen LogP contribution < -0.4 is 15.4 Å². The molecule has 6 heteroatoms. The first-order valence-corrected chi connectivity index (χ1v) is 8.11. The molecule has 0 aliphatic heterocycles. The Morgan fingerprint density at radius 2 is 1.65 bits per heavy atom. The quantitative estimate of drug-likeness (QED) is 0.686. The zero-order valence-corrected chi connectivity index (χ0v) is 14.0. The van der Waals surface area contributed by atoms with Gasteiger partial charge in [-0.05, 0) is 36.4 Å². The summed E-state index contributed by atoms with van der Waals surface area (Å²) in [5.74, 6) is 1.00. The van der Waals surface area contributed by atoms with Crippen molar-refractivity contribution in [2.24, 2.45) is 0 Å². The molecule has 0 fully saturated rings. The van der Waals surface area contributed by atoms with Gasteiger partial charge in [0.05, 0.1) is 24.9 Å². The molecule has 0 bridgehead atoms. The van der Waals surface area contributed by atoms with Gasteiger partial charge in [0.1, 0.15) is 17.3 Å². The number of furan rings is 1. The third-order valence-electron chi connectivity index (χ3n) is 3.55. The number of rotatable bonds is 7. The predicted octanol–water partition coefficient (Wildman–Crippen LogP) is 3.12. The fourth-order valence-corrected chi connectivity index (χ4v) is 2.28. The van der Waals surface area contributed by atoms with E-state index >= 15 is 0 Å². The number of carbonyl (C=O) groups is 2. The highest BCUT2D eigenvalue weighted by molar-refractivity contribution is 5.98. The lowest BCUT2D eigenvalue weighted by molar-refractivity contribution is -0.120. The molecular formula is C20H18N2O4. The Hall–Kier alpha value is -3.54. The summed E-state index contributed by atoms with van der Waals surface area (Å²) >= 11 is 0. The van der Waals surface area contributed by atoms with E-state index in [9.17, 15) is 9.59 Å². The van der Waals surface area contributed by atoms with Crippen molar-refractivity contribution in [2.45, 2.75) is 6.54 Å². The van der Waals surface area contributed by atoms with E-state index in [1.54, 1.807) is 48.5 Å². The zero-order chi connectivity index (χ0) is 18.2. The third-order valence-corrected chi connectivity index (χ3v) is 3.55. The molecule has 6 nitrogen and oxygen atoms in total. The predicted molar refractivity (Wildman–Crippen MR) is 95.8 cm³/mol. The molecule has 1 heterocycles. The second-order valence-electron chi connectivity index (χ2n) is 5.45. The molecule has 2 amide bonds. The fraction of sp³-hybridized carbons (Fsp3) is 0.100. The molecule has 26 heavy (non-hydrogen) atoms. The first kappa shape index (κ1) is 17.3. The van der Waals surface area contributed by atoms with Gasteiger partial charge in [-0.15, -0.1) is 0 Å². The van der Waals surface area contributed by atoms with E-state index in [4.69, 9.17) is 9.15 Å². The molecule has 0 spiro atoms. The number of hydrogen-bond donors (Lipinski definition) is 2. The molecule has 3 rings (SSSR count). The zero-order valence-electron chi connectivity index (χ0n) is 14.0. The highest BCUT2D eigenvalue weighted by Crippen LogP contribution is 2.24. The maximum Gasteiger partial charge on any atom is 0.255 e. The highest BCUT2D eigenvalue weighted by atomic mass is 16.5. The molecule has 0 aliphatic rings. The summed E-state index contributed by atoms with van der Waals surface area (Å²) in [6, 6.07) is 19.6. The average Bonchev–Trinajstić information content (AvgIpc) is 3.19. The van der Waals surface area contributed by atoms with Gasteiger partial charge < -0.3 is 19.8 Å². The Morgan fingerprint density at radius 1 is 0.885 bits per heavy atom. The van der Waals surface area contributed by atoms with Crippen LogP contribution in [0.4, 0.5) is 0 Å². The van der Waals surface area contributed by atoms with Gasteiger partial charge in [-0.25, -0.2) is 0 Å². The maximum atomic E-state index is 12.4. The van der Waals surface area contributed by atoms with Gasteiger partial charge in [0.15, 0.2) is 0 Å². The molecule has 132 valence electrons. The molecule has 0 saturated carbocycles. The van der Waals surface area contributed by atoms with Crippen LogP contribution in [0.1, 0.15) is 16.1 Å². The second-order valence-corrected chi connectivity index (χ2v) is 5.45. The standard InChI is InChI=1S/C20H18N2O4/c23-19(21-13-16-9-6-12-25-16)14-22-20(24)17-10-4-5-11-18(17)26-15-7-2-1-3-8-15/h1-12H,13-14H2,(H,21,23)(H,22,24). The van der Waals surface area contributed by atoms with Gasteiger partial charge in [-0.1, -0.05) is 30.3 Å². The Balaban J connectivity index is 1.56. The van der Waals surface area contributed by atoms with Crippen molar-refractivity contribution in [2.75, 3.05) is 6.54 Å². The number of benzene rings is 2. The molecule has 0 saturated heterocycles. The van der Waals surface area contributed by atoms with Crippen molar-refractivity contribution in [3.8, 4) is 11.5 Å². The monoisotopic (exact) mass is 350 g/mol. The van der Waals surface area contributed by atoms with Crippen LogP contribution in [0.3, 0.4) is 0 Å². The summed E-state index contributed by atoms with van der Waals surface area (Å²) in [7, 11) is 0. The van der Waals surface area contributed by atoms with Gasteiger partial charge in [-0.3, -0.25) is 9.59 Å². The van der Waals surface area contributed by atoms with Crippen LogP contribution in [0.2, 0.25) is 0 Å². The van der Waals surface area contributed by atoms with Crippen molar-refractivity contribution in [3.63, 3.8) is 0 Å². The topological polar surface area (TPSA) is 80.6 Å². The molecule has 0 atom stereocenters. The van der Waals surface area contributed by atoms with E-state index in [1.807, 2.05) is 18.2 Å². The van der Waals surface area contributed by atoms with Crippen LogP contribution in [0.15, 0.2) is 77.4 Å². The lowest BCUT2D eigenvalue weighted by Crippen LogP contribution is -2.36. The van der Waals surface area contributed by atoms with Crippen molar-refractivity contribution >= 4 is 11.8 Å². The van der Waals surface area contributed by atoms with Crippen LogP contribution in [0, 0.1) is 0 Å². The minimum atomic E-state index is -0.385. The van der Waals surface area contributed by atoms with E-state index in [0.29, 0.717) is 22.8 Å². The number of carbonyl (C=O) groups excluding carboxylic acids is 2. The Labute approximate surface area is 150 Å². The van der Waals surface area contributed by atoms with E-state index in [1.165, 1.54) is 6.26 Å². The Kier molecular flexibility index (Phi) is 5.67. The number of ether oxygens (including phenoxy) is 1. The minimum Gasteiger partial charge on any atom is -0.467 e. The average molecular weight is 350 g/mol. The van der Waals surface area contributed by atoms with Crippen LogP contribution in [0.5, 0.6) is 11.5 Å². The maximum absolute atomic E-state index is 12.4. The molecule has 0 radical (unpaired) electrons. The van der Waals surface area contributed by atoms with Gasteiger partial charge in [0, 0.05) is 0 Å². The fourth-order valence-electron chi connectivity index (χ4n) is 2.28. The number of hydrogen-bond acceptors (Lipinski definition) is 4. The SMILES string of the molecule is O=C(CNC(=O)c1ccccc1Oc1ccccc1)NCc1ccco1. The summed E-state index contributed by atoms with van der Waals surface area (Å²) in [6.45, 7) is 0.134. The van der Waals surface area contributed by atoms with Crippen LogP contribution >= 0.6 is 0 Å². The molecular weight excluding hydrogens is 332 g/mol. The van der Waals surface area contributed by atoms with Crippen molar-refractivity contribution in [3.05, 3.63) is 84.3 Å². The van der Waals surface area contributed by atoms with Crippen molar-refractivity contribution in [1.82, 2.24) is 10.6 Å². The van der Waals surface area contributed by atoms with E-state index in [-0.39, 0.29) is 24.9 Å². The smallest absolute Gasteiger partial charge is 0.255 e. The molecule has 2 aromatic carbocycles. The summed E-state index contributed by atoms with van der Waals surface area (Å²) in [5.41, 5.74) is 0.357. The normalized spacial score (nSPS) is 10.2. The van der Waals surface area contributed by atoms with Gasteiger partial charge >= 0.3 is 0 Å². The molecule has 0 aliphatic carbocycles. The van der Waals surface area contributed by atoms with E-state index in [0.717, 1.165) is 0 Å². The van der Waals surface area contributed by atoms with Gasteiger partial charge in [0.25, 0.3) is 5.91 Å². The van der Waals surface area contributed by atoms with Crippen molar-refractivity contribution < 1.29 is 18.7 Å². The second kappa shape index (κ2) is 8.53. The minimum absolute atomic E-state index is 0.140. The third kappa shape index (κ3) is 4.73. The van der Waals surface area contributed by atoms with Crippen LogP contribution in [-0.4, -0.2) is 18.4 Å². The van der Waals surface area contributed by atoms with E-state index < -0.39 is 0 Å². The molecule has 3 aromatic rings. The van der Waals surface area contributed by atoms with Gasteiger partial charge in [0.2, 0.25) is 5.91 Å². The first-order chi connectivity index (χ1) is 12.7. The van der Waals surface area contributed by atoms with Crippen LogP contribution in [-0.2, 0) is 11.3 Å². The summed E-state index contributed by atoms with van der Waals surface area (Å²) in [5, 5.41) is 5.26. The van der Waals surface area contributed by atoms with Gasteiger partial charge in [-0.2, -0.15) is 0 Å². The molecule has 0 unspecified atom stereocenters. The number of amides is 2. The molecule has 2 N–H and O–H groups in total. The summed E-state index contributed by atoms with van der Waals surface area (Å²) in [6.07, 6.45) is 1.53. The largest absolute Gasteiger partial charge is 0.467 e. The number of para-hydroxylation sites is 2. The lowest BCUT2D eigenvalue weighted by atomic mass is 10.2.